The van der Waals surface area contributed by atoms with E-state index in [1.165, 1.54) is 12.1 Å². The zero-order valence-electron chi connectivity index (χ0n) is 16.0. The van der Waals surface area contributed by atoms with Crippen molar-refractivity contribution in [3.63, 3.8) is 0 Å². The Morgan fingerprint density at radius 1 is 1.00 bits per heavy atom. The number of halogens is 1. The number of urea groups is 1. The number of imidazole rings is 1. The number of para-hydroxylation sites is 1. The fourth-order valence-electron chi connectivity index (χ4n) is 2.77. The summed E-state index contributed by atoms with van der Waals surface area (Å²) < 4.78 is 15.4. The Bertz CT molecular complexity index is 1160. The van der Waals surface area contributed by atoms with Crippen LogP contribution in [0.15, 0.2) is 73.3 Å². The van der Waals surface area contributed by atoms with Gasteiger partial charge in [0.05, 0.1) is 5.69 Å². The Kier molecular flexibility index (Phi) is 5.33. The number of benzene rings is 2. The highest BCUT2D eigenvalue weighted by Crippen LogP contribution is 2.20. The topological polar surface area (TPSA) is 96.8 Å². The van der Waals surface area contributed by atoms with Gasteiger partial charge in [0.2, 0.25) is 0 Å². The Hall–Kier alpha value is -4.27. The highest BCUT2D eigenvalue weighted by molar-refractivity contribution is 5.99. The molecule has 0 aliphatic carbocycles. The number of aryl methyl sites for hydroxylation is 1. The molecule has 2 aromatic heterocycles. The molecule has 0 unspecified atom stereocenters. The zero-order valence-corrected chi connectivity index (χ0v) is 16.0. The molecule has 0 bridgehead atoms. The summed E-state index contributed by atoms with van der Waals surface area (Å²) in [5.41, 5.74) is 1.46. The zero-order chi connectivity index (χ0) is 20.9. The van der Waals surface area contributed by atoms with Crippen molar-refractivity contribution < 1.29 is 9.18 Å². The Labute approximate surface area is 171 Å². The van der Waals surface area contributed by atoms with Gasteiger partial charge >= 0.3 is 6.03 Å². The van der Waals surface area contributed by atoms with E-state index in [1.807, 2.05) is 13.0 Å². The maximum absolute atomic E-state index is 13.6. The van der Waals surface area contributed by atoms with Crippen molar-refractivity contribution in [2.75, 3.05) is 16.0 Å². The van der Waals surface area contributed by atoms with Crippen molar-refractivity contribution >= 4 is 28.9 Å². The minimum atomic E-state index is -0.530. The molecule has 9 heteroatoms. The van der Waals surface area contributed by atoms with Gasteiger partial charge in [-0.2, -0.15) is 0 Å². The normalized spacial score (nSPS) is 10.5. The summed E-state index contributed by atoms with van der Waals surface area (Å²) in [6.45, 7) is 1.81. The van der Waals surface area contributed by atoms with Gasteiger partial charge in [-0.3, -0.25) is 4.57 Å². The third-order valence-electron chi connectivity index (χ3n) is 4.13. The second-order valence-electron chi connectivity index (χ2n) is 6.39. The van der Waals surface area contributed by atoms with Crippen LogP contribution in [0.2, 0.25) is 0 Å². The number of nitrogens with one attached hydrogen (secondary N) is 3. The van der Waals surface area contributed by atoms with Gasteiger partial charge in [0.15, 0.2) is 0 Å². The Balaban J connectivity index is 1.42. The van der Waals surface area contributed by atoms with Gasteiger partial charge in [0.1, 0.15) is 29.6 Å². The average molecular weight is 403 g/mol. The van der Waals surface area contributed by atoms with Crippen molar-refractivity contribution in [2.24, 2.45) is 0 Å². The first-order chi connectivity index (χ1) is 14.6. The van der Waals surface area contributed by atoms with Gasteiger partial charge in [-0.15, -0.1) is 0 Å². The largest absolute Gasteiger partial charge is 0.340 e. The summed E-state index contributed by atoms with van der Waals surface area (Å²) >= 11 is 0. The molecule has 0 aliphatic rings. The summed E-state index contributed by atoms with van der Waals surface area (Å²) in [7, 11) is 0. The molecule has 4 aromatic rings. The lowest BCUT2D eigenvalue weighted by molar-refractivity contribution is 0.262. The molecule has 30 heavy (non-hydrogen) atoms. The molecule has 150 valence electrons. The average Bonchev–Trinajstić information content (AvgIpc) is 3.26. The molecule has 0 saturated carbocycles. The smallest absolute Gasteiger partial charge is 0.323 e. The molecular formula is C21H18FN7O. The van der Waals surface area contributed by atoms with Gasteiger partial charge < -0.3 is 16.0 Å². The molecular weight excluding hydrogens is 385 g/mol. The number of aromatic nitrogens is 4. The SMILES string of the molecule is Cc1nc(Nc2ccc(NC(=O)Nc3ccccc3F)cc2)cc(-n2ccnc2)n1. The molecule has 0 fully saturated rings. The van der Waals surface area contributed by atoms with Crippen LogP contribution in [-0.4, -0.2) is 25.6 Å². The van der Waals surface area contributed by atoms with Gasteiger partial charge in [-0.05, 0) is 43.3 Å². The lowest BCUT2D eigenvalue weighted by Crippen LogP contribution is -2.20. The third-order valence-corrected chi connectivity index (χ3v) is 4.13. The quantitative estimate of drug-likeness (QED) is 0.456. The van der Waals surface area contributed by atoms with E-state index in [9.17, 15) is 9.18 Å². The van der Waals surface area contributed by atoms with Crippen LogP contribution in [-0.2, 0) is 0 Å². The number of anilines is 4. The monoisotopic (exact) mass is 403 g/mol. The highest BCUT2D eigenvalue weighted by atomic mass is 19.1. The second kappa shape index (κ2) is 8.39. The van der Waals surface area contributed by atoms with Crippen molar-refractivity contribution in [1.82, 2.24) is 19.5 Å². The molecule has 0 saturated heterocycles. The van der Waals surface area contributed by atoms with Crippen LogP contribution in [0.4, 0.5) is 32.1 Å². The highest BCUT2D eigenvalue weighted by Gasteiger charge is 2.07. The molecule has 2 heterocycles. The number of nitrogens with zero attached hydrogens (tertiary/aromatic N) is 4. The van der Waals surface area contributed by atoms with E-state index in [2.05, 4.69) is 30.9 Å². The number of rotatable bonds is 5. The molecule has 0 atom stereocenters. The van der Waals surface area contributed by atoms with E-state index >= 15 is 0 Å². The van der Waals surface area contributed by atoms with E-state index in [-0.39, 0.29) is 5.69 Å². The van der Waals surface area contributed by atoms with Gasteiger partial charge in [0.25, 0.3) is 0 Å². The molecule has 2 aromatic carbocycles. The van der Waals surface area contributed by atoms with Crippen LogP contribution < -0.4 is 16.0 Å². The summed E-state index contributed by atoms with van der Waals surface area (Å²) in [4.78, 5) is 24.9. The second-order valence-corrected chi connectivity index (χ2v) is 6.39. The van der Waals surface area contributed by atoms with E-state index in [0.29, 0.717) is 23.1 Å². The number of hydrogen-bond donors (Lipinski definition) is 3. The van der Waals surface area contributed by atoms with Crippen molar-refractivity contribution in [1.29, 1.82) is 0 Å². The predicted molar refractivity (Wildman–Crippen MR) is 113 cm³/mol. The van der Waals surface area contributed by atoms with Crippen molar-refractivity contribution in [2.45, 2.75) is 6.92 Å². The fraction of sp³-hybridized carbons (Fsp3) is 0.0476. The van der Waals surface area contributed by atoms with Crippen LogP contribution in [0.5, 0.6) is 0 Å². The third kappa shape index (κ3) is 4.58. The Morgan fingerprint density at radius 3 is 2.50 bits per heavy atom. The Morgan fingerprint density at radius 2 is 1.77 bits per heavy atom. The first-order valence-electron chi connectivity index (χ1n) is 9.10. The summed E-state index contributed by atoms with van der Waals surface area (Å²) in [6, 6.07) is 14.3. The van der Waals surface area contributed by atoms with Gasteiger partial charge in [-0.25, -0.2) is 24.1 Å². The van der Waals surface area contributed by atoms with Crippen molar-refractivity contribution in [3.05, 3.63) is 85.0 Å². The summed E-state index contributed by atoms with van der Waals surface area (Å²) in [6.07, 6.45) is 5.15. The number of amides is 2. The fourth-order valence-corrected chi connectivity index (χ4v) is 2.77. The van der Waals surface area contributed by atoms with Crippen LogP contribution in [0.1, 0.15) is 5.82 Å². The maximum atomic E-state index is 13.6. The molecule has 0 radical (unpaired) electrons. The standard InChI is InChI=1S/C21H18FN7O/c1-14-24-19(12-20(25-14)29-11-10-23-13-29)26-15-6-8-16(9-7-15)27-21(30)28-18-5-3-2-4-17(18)22/h2-13H,1H3,(H,24,25,26)(H2,27,28,30). The molecule has 2 amide bonds. The van der Waals surface area contributed by atoms with Crippen LogP contribution in [0.3, 0.4) is 0 Å². The first kappa shape index (κ1) is 19.1. The molecule has 3 N–H and O–H groups in total. The minimum absolute atomic E-state index is 0.112. The summed E-state index contributed by atoms with van der Waals surface area (Å²) in [5, 5.41) is 8.35. The number of hydrogen-bond acceptors (Lipinski definition) is 5. The van der Waals surface area contributed by atoms with Crippen LogP contribution in [0.25, 0.3) is 5.82 Å². The number of carbonyl (C=O) groups is 1. The van der Waals surface area contributed by atoms with Crippen molar-refractivity contribution in [3.8, 4) is 5.82 Å². The van der Waals surface area contributed by atoms with Gasteiger partial charge in [0, 0.05) is 29.8 Å². The number of carbonyl (C=O) groups excluding carboxylic acids is 1. The van der Waals surface area contributed by atoms with Crippen LogP contribution in [0, 0.1) is 12.7 Å². The predicted octanol–water partition coefficient (Wildman–Crippen LogP) is 4.50. The van der Waals surface area contributed by atoms with E-state index in [4.69, 9.17) is 0 Å². The summed E-state index contributed by atoms with van der Waals surface area (Å²) in [5.74, 6) is 1.45. The molecule has 8 nitrogen and oxygen atoms in total. The molecule has 4 rings (SSSR count). The first-order valence-corrected chi connectivity index (χ1v) is 9.10. The minimum Gasteiger partial charge on any atom is -0.340 e. The van der Waals surface area contributed by atoms with Gasteiger partial charge in [-0.1, -0.05) is 12.1 Å². The van der Waals surface area contributed by atoms with E-state index < -0.39 is 11.8 Å². The molecule has 0 spiro atoms. The maximum Gasteiger partial charge on any atom is 0.323 e. The lowest BCUT2D eigenvalue weighted by Gasteiger charge is -2.11. The van der Waals surface area contributed by atoms with E-state index in [0.717, 1.165) is 5.69 Å². The van der Waals surface area contributed by atoms with E-state index in [1.54, 1.807) is 59.7 Å². The molecule has 0 aliphatic heterocycles. The van der Waals surface area contributed by atoms with Crippen LogP contribution >= 0.6 is 0 Å². The lowest BCUT2D eigenvalue weighted by atomic mass is 10.2.